The first-order valence-corrected chi connectivity index (χ1v) is 10.6. The molecule has 2 N–H and O–H groups in total. The van der Waals surface area contributed by atoms with Crippen molar-refractivity contribution in [3.05, 3.63) is 17.5 Å². The van der Waals surface area contributed by atoms with Crippen LogP contribution >= 0.6 is 0 Å². The largest absolute Gasteiger partial charge is 0.379 e. The van der Waals surface area contributed by atoms with E-state index < -0.39 is 5.54 Å². The number of fused-ring (bicyclic) bond motifs is 1. The van der Waals surface area contributed by atoms with E-state index in [1.165, 1.54) is 15.6 Å². The van der Waals surface area contributed by atoms with E-state index in [1.807, 2.05) is 13.8 Å². The zero-order valence-corrected chi connectivity index (χ0v) is 18.9. The quantitative estimate of drug-likeness (QED) is 0.556. The molecule has 0 bridgehead atoms. The second-order valence-corrected chi connectivity index (χ2v) is 8.68. The summed E-state index contributed by atoms with van der Waals surface area (Å²) in [6.07, 6.45) is 1.70. The Labute approximate surface area is 178 Å². The van der Waals surface area contributed by atoms with Gasteiger partial charge < -0.3 is 20.3 Å². The third-order valence-corrected chi connectivity index (χ3v) is 5.29. The van der Waals surface area contributed by atoms with Crippen LogP contribution in [0.25, 0.3) is 0 Å². The highest BCUT2D eigenvalue weighted by Crippen LogP contribution is 2.26. The first-order valence-electron chi connectivity index (χ1n) is 10.6. The number of nitrogens with zero attached hydrogens (tertiary/aromatic N) is 3. The van der Waals surface area contributed by atoms with Gasteiger partial charge in [0, 0.05) is 32.8 Å². The van der Waals surface area contributed by atoms with Gasteiger partial charge in [-0.25, -0.2) is 0 Å². The number of hydrogen-bond acceptors (Lipinski definition) is 5. The summed E-state index contributed by atoms with van der Waals surface area (Å²) in [5.41, 5.74) is -0.603. The summed E-state index contributed by atoms with van der Waals surface area (Å²) in [4.78, 5) is 39.5. The van der Waals surface area contributed by atoms with Crippen molar-refractivity contribution in [3.63, 3.8) is 0 Å². The lowest BCUT2D eigenvalue weighted by Crippen LogP contribution is -2.62. The summed E-state index contributed by atoms with van der Waals surface area (Å²) in [6.45, 7) is 11.6. The maximum Gasteiger partial charge on any atom is 0.272 e. The first kappa shape index (κ1) is 23.9. The fraction of sp³-hybridized carbons (Fsp3) is 0.714. The third kappa shape index (κ3) is 5.59. The molecule has 0 fully saturated rings. The average Bonchev–Trinajstić information content (AvgIpc) is 3.09. The van der Waals surface area contributed by atoms with Crippen molar-refractivity contribution in [1.82, 2.24) is 25.3 Å². The van der Waals surface area contributed by atoms with Crippen molar-refractivity contribution in [2.45, 2.75) is 65.6 Å². The first-order chi connectivity index (χ1) is 14.1. The Hall–Kier alpha value is -2.42. The smallest absolute Gasteiger partial charge is 0.272 e. The van der Waals surface area contributed by atoms with Gasteiger partial charge in [0.15, 0.2) is 5.69 Å². The van der Waals surface area contributed by atoms with E-state index in [2.05, 4.69) is 29.6 Å². The molecule has 0 unspecified atom stereocenters. The van der Waals surface area contributed by atoms with Crippen molar-refractivity contribution in [1.29, 1.82) is 0 Å². The molecule has 3 amide bonds. The molecule has 9 nitrogen and oxygen atoms in total. The lowest BCUT2D eigenvalue weighted by Gasteiger charge is -2.40. The topological polar surface area (TPSA) is 106 Å². The molecule has 0 aliphatic carbocycles. The van der Waals surface area contributed by atoms with Gasteiger partial charge in [0.05, 0.1) is 12.6 Å². The molecule has 0 radical (unpaired) electrons. The molecule has 0 saturated carbocycles. The van der Waals surface area contributed by atoms with Gasteiger partial charge in [0.2, 0.25) is 5.91 Å². The van der Waals surface area contributed by atoms with Crippen LogP contribution in [0.3, 0.4) is 0 Å². The molecule has 2 heterocycles. The van der Waals surface area contributed by atoms with Crippen LogP contribution in [0.1, 0.15) is 68.4 Å². The molecule has 1 aromatic rings. The summed E-state index contributed by atoms with van der Waals surface area (Å²) >= 11 is 0. The number of carbonyl (C=O) groups is 3. The fourth-order valence-electron chi connectivity index (χ4n) is 3.19. The van der Waals surface area contributed by atoms with E-state index >= 15 is 0 Å². The van der Waals surface area contributed by atoms with E-state index in [-0.39, 0.29) is 36.1 Å². The number of rotatable bonds is 10. The minimum atomic E-state index is -1.07. The minimum absolute atomic E-state index is 0.153. The van der Waals surface area contributed by atoms with Crippen LogP contribution in [0.5, 0.6) is 0 Å². The molecule has 168 valence electrons. The number of hydrogen-bond donors (Lipinski definition) is 2. The lowest BCUT2D eigenvalue weighted by molar-refractivity contribution is -0.132. The van der Waals surface area contributed by atoms with Crippen molar-refractivity contribution in [2.24, 2.45) is 5.92 Å². The van der Waals surface area contributed by atoms with Gasteiger partial charge in [-0.2, -0.15) is 5.10 Å². The minimum Gasteiger partial charge on any atom is -0.379 e. The van der Waals surface area contributed by atoms with Gasteiger partial charge in [-0.05, 0) is 39.5 Å². The normalized spacial score (nSPS) is 18.7. The zero-order chi connectivity index (χ0) is 22.5. The number of carbonyl (C=O) groups excluding carboxylic acids is 3. The number of likely N-dealkylation sites (N-methyl/N-ethyl adjacent to an activating group) is 1. The van der Waals surface area contributed by atoms with Crippen molar-refractivity contribution < 1.29 is 19.1 Å². The number of ether oxygens (including phenoxy) is 1. The second-order valence-electron chi connectivity index (χ2n) is 8.68. The summed E-state index contributed by atoms with van der Waals surface area (Å²) in [7, 11) is 1.61. The Morgan fingerprint density at radius 3 is 2.57 bits per heavy atom. The van der Waals surface area contributed by atoms with Crippen molar-refractivity contribution >= 4 is 17.7 Å². The van der Waals surface area contributed by atoms with Crippen molar-refractivity contribution in [3.8, 4) is 0 Å². The van der Waals surface area contributed by atoms with Gasteiger partial charge in [0.25, 0.3) is 11.8 Å². The molecule has 1 aliphatic heterocycles. The highest BCUT2D eigenvalue weighted by atomic mass is 16.5. The van der Waals surface area contributed by atoms with Gasteiger partial charge in [-0.15, -0.1) is 0 Å². The molecule has 1 atom stereocenters. The maximum atomic E-state index is 12.9. The van der Waals surface area contributed by atoms with Crippen LogP contribution in [0.15, 0.2) is 6.07 Å². The summed E-state index contributed by atoms with van der Waals surface area (Å²) in [5.74, 6) is -0.435. The SMILES string of the molecule is CC(C)CCNC(=O)[C@@]1(C)Cn2nc(C(=O)NCCCOC(C)C)cc2C(=O)N1C. The van der Waals surface area contributed by atoms with Gasteiger partial charge in [-0.3, -0.25) is 19.1 Å². The summed E-state index contributed by atoms with van der Waals surface area (Å²) in [6, 6.07) is 1.48. The predicted molar refractivity (Wildman–Crippen MR) is 113 cm³/mol. The van der Waals surface area contributed by atoms with Crippen molar-refractivity contribution in [2.75, 3.05) is 26.7 Å². The van der Waals surface area contributed by atoms with Gasteiger partial charge >= 0.3 is 0 Å². The van der Waals surface area contributed by atoms with E-state index in [0.717, 1.165) is 6.42 Å². The molecule has 2 rings (SSSR count). The molecule has 0 saturated heterocycles. The summed E-state index contributed by atoms with van der Waals surface area (Å²) in [5, 5.41) is 10.0. The van der Waals surface area contributed by atoms with Crippen LogP contribution in [0.2, 0.25) is 0 Å². The highest BCUT2D eigenvalue weighted by molar-refractivity contribution is 6.01. The molecular formula is C21H35N5O4. The lowest BCUT2D eigenvalue weighted by atomic mass is 9.95. The van der Waals surface area contributed by atoms with Crippen LogP contribution in [0, 0.1) is 5.92 Å². The van der Waals surface area contributed by atoms with E-state index in [0.29, 0.717) is 37.7 Å². The van der Waals surface area contributed by atoms with E-state index in [9.17, 15) is 14.4 Å². The molecule has 1 aromatic heterocycles. The standard InChI is InChI=1S/C21H35N5O4/c1-14(2)8-10-23-20(29)21(5)13-26-17(19(28)25(21)6)12-16(24-26)18(27)22-9-7-11-30-15(3)4/h12,14-15H,7-11,13H2,1-6H3,(H,22,27)(H,23,29)/t21-/m1/s1. The third-order valence-electron chi connectivity index (χ3n) is 5.29. The monoisotopic (exact) mass is 421 g/mol. The molecular weight excluding hydrogens is 386 g/mol. The molecule has 0 spiro atoms. The Morgan fingerprint density at radius 1 is 1.23 bits per heavy atom. The number of nitrogens with one attached hydrogen (secondary N) is 2. The second kappa shape index (κ2) is 10.1. The molecule has 0 aromatic carbocycles. The number of aromatic nitrogens is 2. The highest BCUT2D eigenvalue weighted by Gasteiger charge is 2.46. The summed E-state index contributed by atoms with van der Waals surface area (Å²) < 4.78 is 6.91. The van der Waals surface area contributed by atoms with Crippen LogP contribution < -0.4 is 10.6 Å². The van der Waals surface area contributed by atoms with Crippen LogP contribution in [0.4, 0.5) is 0 Å². The molecule has 9 heteroatoms. The predicted octanol–water partition coefficient (Wildman–Crippen LogP) is 1.43. The Balaban J connectivity index is 2.04. The Bertz CT molecular complexity index is 773. The maximum absolute atomic E-state index is 12.9. The Kier molecular flexibility index (Phi) is 8.00. The average molecular weight is 422 g/mol. The molecule has 30 heavy (non-hydrogen) atoms. The van der Waals surface area contributed by atoms with Crippen LogP contribution in [-0.2, 0) is 16.1 Å². The zero-order valence-electron chi connectivity index (χ0n) is 18.9. The molecule has 1 aliphatic rings. The Morgan fingerprint density at radius 2 is 1.93 bits per heavy atom. The fourth-order valence-corrected chi connectivity index (χ4v) is 3.19. The van der Waals surface area contributed by atoms with E-state index in [4.69, 9.17) is 4.74 Å². The van der Waals surface area contributed by atoms with E-state index in [1.54, 1.807) is 14.0 Å². The van der Waals surface area contributed by atoms with Crippen LogP contribution in [-0.4, -0.2) is 70.8 Å². The van der Waals surface area contributed by atoms with Gasteiger partial charge in [-0.1, -0.05) is 13.8 Å². The number of amides is 3. The van der Waals surface area contributed by atoms with Gasteiger partial charge in [0.1, 0.15) is 11.2 Å².